The zero-order valence-corrected chi connectivity index (χ0v) is 14.8. The van der Waals surface area contributed by atoms with Gasteiger partial charge in [0.1, 0.15) is 5.75 Å². The van der Waals surface area contributed by atoms with Crippen molar-refractivity contribution < 1.29 is 9.84 Å². The van der Waals surface area contributed by atoms with Crippen LogP contribution in [0.3, 0.4) is 0 Å². The van der Waals surface area contributed by atoms with Gasteiger partial charge in [0.05, 0.1) is 13.2 Å². The maximum atomic E-state index is 10.5. The van der Waals surface area contributed by atoms with Gasteiger partial charge >= 0.3 is 0 Å². The summed E-state index contributed by atoms with van der Waals surface area (Å²) < 4.78 is 5.63. The first kappa shape index (κ1) is 16.6. The third-order valence-electron chi connectivity index (χ3n) is 5.62. The number of aromatic nitrogens is 1. The Morgan fingerprint density at radius 2 is 1.92 bits per heavy atom. The molecular weight excluding hydrogens is 312 g/mol. The van der Waals surface area contributed by atoms with E-state index in [4.69, 9.17) is 4.74 Å². The molecule has 25 heavy (non-hydrogen) atoms. The van der Waals surface area contributed by atoms with Gasteiger partial charge in [0.2, 0.25) is 0 Å². The summed E-state index contributed by atoms with van der Waals surface area (Å²) in [6, 6.07) is 8.63. The Kier molecular flexibility index (Phi) is 4.73. The fraction of sp³-hybridized carbons (Fsp3) is 0.476. The maximum Gasteiger partial charge on any atom is 0.123 e. The number of hydrogen-bond donors (Lipinski definition) is 1. The summed E-state index contributed by atoms with van der Waals surface area (Å²) >= 11 is 0. The minimum absolute atomic E-state index is 0.270. The molecule has 0 spiro atoms. The number of nitrogens with zero attached hydrogens (tertiary/aromatic N) is 2. The van der Waals surface area contributed by atoms with Gasteiger partial charge in [-0.3, -0.25) is 9.88 Å². The molecule has 0 saturated carbocycles. The van der Waals surface area contributed by atoms with E-state index in [2.05, 4.69) is 22.0 Å². The SMILES string of the molecule is COc1cc2c(cc1CN1C[C@@H](Cc3ccncc3)[C@H](O)C1)CCC2. The normalized spacial score (nSPS) is 23.0. The van der Waals surface area contributed by atoms with Crippen LogP contribution in [0.15, 0.2) is 36.7 Å². The molecule has 2 aromatic rings. The molecule has 2 heterocycles. The summed E-state index contributed by atoms with van der Waals surface area (Å²) in [5.74, 6) is 1.27. The monoisotopic (exact) mass is 338 g/mol. The summed E-state index contributed by atoms with van der Waals surface area (Å²) in [4.78, 5) is 6.43. The standard InChI is InChI=1S/C21H26N2O2/c1-25-21-11-17-4-2-3-16(17)10-19(21)13-23-12-18(20(24)14-23)9-15-5-7-22-8-6-15/h5-8,10-11,18,20,24H,2-4,9,12-14H2,1H3/t18-,20-/m1/s1. The minimum Gasteiger partial charge on any atom is -0.496 e. The number of aryl methyl sites for hydroxylation is 2. The average molecular weight is 338 g/mol. The van der Waals surface area contributed by atoms with Gasteiger partial charge < -0.3 is 9.84 Å². The summed E-state index contributed by atoms with van der Waals surface area (Å²) in [6.45, 7) is 2.50. The highest BCUT2D eigenvalue weighted by Gasteiger charge is 2.31. The zero-order chi connectivity index (χ0) is 17.2. The minimum atomic E-state index is -0.270. The number of β-amino-alcohol motifs (C(OH)–C–C–N with tert-alkyl or cyclic N) is 1. The first-order chi connectivity index (χ1) is 12.2. The number of aliphatic hydroxyl groups excluding tert-OH is 1. The van der Waals surface area contributed by atoms with Gasteiger partial charge in [0.25, 0.3) is 0 Å². The molecule has 1 N–H and O–H groups in total. The highest BCUT2D eigenvalue weighted by atomic mass is 16.5. The molecule has 1 aliphatic heterocycles. The molecule has 2 aliphatic rings. The average Bonchev–Trinajstić information content (AvgIpc) is 3.21. The Morgan fingerprint density at radius 1 is 1.16 bits per heavy atom. The van der Waals surface area contributed by atoms with Gasteiger partial charge in [-0.1, -0.05) is 6.07 Å². The Balaban J connectivity index is 1.45. The van der Waals surface area contributed by atoms with Crippen molar-refractivity contribution in [2.24, 2.45) is 5.92 Å². The molecule has 4 heteroatoms. The third kappa shape index (κ3) is 3.55. The van der Waals surface area contributed by atoms with E-state index in [1.54, 1.807) is 7.11 Å². The molecule has 4 nitrogen and oxygen atoms in total. The number of rotatable bonds is 5. The third-order valence-corrected chi connectivity index (χ3v) is 5.62. The van der Waals surface area contributed by atoms with Crippen LogP contribution in [-0.4, -0.2) is 41.3 Å². The van der Waals surface area contributed by atoms with E-state index in [0.29, 0.717) is 0 Å². The number of likely N-dealkylation sites (tertiary alicyclic amines) is 1. The second-order valence-electron chi connectivity index (χ2n) is 7.37. The lowest BCUT2D eigenvalue weighted by Crippen LogP contribution is -2.21. The van der Waals surface area contributed by atoms with Crippen molar-refractivity contribution in [1.82, 2.24) is 9.88 Å². The molecule has 1 aromatic carbocycles. The first-order valence-electron chi connectivity index (χ1n) is 9.21. The Morgan fingerprint density at radius 3 is 2.68 bits per heavy atom. The fourth-order valence-corrected chi connectivity index (χ4v) is 4.30. The van der Waals surface area contributed by atoms with Crippen LogP contribution in [0.1, 0.15) is 28.7 Å². The molecular formula is C21H26N2O2. The van der Waals surface area contributed by atoms with Crippen molar-refractivity contribution >= 4 is 0 Å². The van der Waals surface area contributed by atoms with Crippen molar-refractivity contribution in [3.8, 4) is 5.75 Å². The molecule has 1 saturated heterocycles. The molecule has 1 fully saturated rings. The molecule has 0 bridgehead atoms. The Labute approximate surface area is 149 Å². The number of fused-ring (bicyclic) bond motifs is 1. The second kappa shape index (κ2) is 7.14. The first-order valence-corrected chi connectivity index (χ1v) is 9.21. The summed E-state index contributed by atoms with van der Waals surface area (Å²) in [6.07, 6.45) is 7.88. The molecule has 0 unspecified atom stereocenters. The van der Waals surface area contributed by atoms with Gasteiger partial charge in [-0.25, -0.2) is 0 Å². The highest BCUT2D eigenvalue weighted by molar-refractivity contribution is 5.44. The molecule has 4 rings (SSSR count). The van der Waals surface area contributed by atoms with Crippen LogP contribution < -0.4 is 4.74 Å². The van der Waals surface area contributed by atoms with Crippen molar-refractivity contribution in [2.75, 3.05) is 20.2 Å². The maximum absolute atomic E-state index is 10.5. The van der Waals surface area contributed by atoms with Crippen LogP contribution in [0, 0.1) is 5.92 Å². The topological polar surface area (TPSA) is 45.6 Å². The smallest absolute Gasteiger partial charge is 0.123 e. The molecule has 0 radical (unpaired) electrons. The number of benzene rings is 1. The van der Waals surface area contributed by atoms with Gasteiger partial charge in [0, 0.05) is 43.5 Å². The van der Waals surface area contributed by atoms with Gasteiger partial charge in [-0.05, 0) is 60.6 Å². The van der Waals surface area contributed by atoms with Gasteiger partial charge in [-0.15, -0.1) is 0 Å². The van der Waals surface area contributed by atoms with E-state index < -0.39 is 0 Å². The lowest BCUT2D eigenvalue weighted by Gasteiger charge is -2.19. The van der Waals surface area contributed by atoms with Crippen LogP contribution in [-0.2, 0) is 25.8 Å². The molecule has 1 aliphatic carbocycles. The summed E-state index contributed by atoms with van der Waals surface area (Å²) in [5, 5.41) is 10.5. The van der Waals surface area contributed by atoms with Gasteiger partial charge in [0.15, 0.2) is 0 Å². The van der Waals surface area contributed by atoms with E-state index in [-0.39, 0.29) is 12.0 Å². The van der Waals surface area contributed by atoms with Crippen molar-refractivity contribution in [3.05, 3.63) is 58.9 Å². The largest absolute Gasteiger partial charge is 0.496 e. The second-order valence-corrected chi connectivity index (χ2v) is 7.37. The van der Waals surface area contributed by atoms with Crippen LogP contribution in [0.25, 0.3) is 0 Å². The van der Waals surface area contributed by atoms with Gasteiger partial charge in [-0.2, -0.15) is 0 Å². The quantitative estimate of drug-likeness (QED) is 0.910. The predicted octanol–water partition coefficient (Wildman–Crippen LogP) is 2.61. The molecule has 2 atom stereocenters. The summed E-state index contributed by atoms with van der Waals surface area (Å²) in [7, 11) is 1.76. The van der Waals surface area contributed by atoms with Crippen LogP contribution in [0.5, 0.6) is 5.75 Å². The number of methoxy groups -OCH3 is 1. The van der Waals surface area contributed by atoms with E-state index in [9.17, 15) is 5.11 Å². The van der Waals surface area contributed by atoms with Crippen LogP contribution in [0.2, 0.25) is 0 Å². The van der Waals surface area contributed by atoms with E-state index in [0.717, 1.165) is 31.8 Å². The lowest BCUT2D eigenvalue weighted by molar-refractivity contribution is 0.141. The number of ether oxygens (including phenoxy) is 1. The summed E-state index contributed by atoms with van der Waals surface area (Å²) in [5.41, 5.74) is 5.41. The fourth-order valence-electron chi connectivity index (χ4n) is 4.30. The van der Waals surface area contributed by atoms with Crippen molar-refractivity contribution in [2.45, 2.75) is 38.3 Å². The van der Waals surface area contributed by atoms with E-state index >= 15 is 0 Å². The Hall–Kier alpha value is -1.91. The number of aliphatic hydroxyl groups is 1. The van der Waals surface area contributed by atoms with Crippen LogP contribution in [0.4, 0.5) is 0 Å². The highest BCUT2D eigenvalue weighted by Crippen LogP contribution is 2.32. The lowest BCUT2D eigenvalue weighted by atomic mass is 9.97. The predicted molar refractivity (Wildman–Crippen MR) is 97.7 cm³/mol. The van der Waals surface area contributed by atoms with Crippen molar-refractivity contribution in [3.63, 3.8) is 0 Å². The van der Waals surface area contributed by atoms with Crippen LogP contribution >= 0.6 is 0 Å². The van der Waals surface area contributed by atoms with E-state index in [1.807, 2.05) is 24.5 Å². The molecule has 1 aromatic heterocycles. The molecule has 0 amide bonds. The van der Waals surface area contributed by atoms with Crippen molar-refractivity contribution in [1.29, 1.82) is 0 Å². The molecule has 132 valence electrons. The number of pyridine rings is 1. The Bertz CT molecular complexity index is 732. The zero-order valence-electron chi connectivity index (χ0n) is 14.8. The van der Waals surface area contributed by atoms with E-state index in [1.165, 1.54) is 41.5 Å². The number of hydrogen-bond acceptors (Lipinski definition) is 4.